The number of para-hydroxylation sites is 2. The zero-order valence-corrected chi connectivity index (χ0v) is 17.4. The van der Waals surface area contributed by atoms with Gasteiger partial charge in [-0.25, -0.2) is 9.07 Å². The third-order valence-corrected chi connectivity index (χ3v) is 4.49. The van der Waals surface area contributed by atoms with Gasteiger partial charge in [0.1, 0.15) is 17.2 Å². The van der Waals surface area contributed by atoms with E-state index in [9.17, 15) is 27.2 Å². The normalized spacial score (nSPS) is 11.5. The topological polar surface area (TPSA) is 76.0 Å². The van der Waals surface area contributed by atoms with Gasteiger partial charge >= 0.3 is 6.18 Å². The Bertz CT molecular complexity index is 1170. The number of benzene rings is 2. The molecule has 0 aliphatic carbocycles. The molecule has 0 radical (unpaired) electrons. The average Bonchev–Trinajstić information content (AvgIpc) is 3.15. The summed E-state index contributed by atoms with van der Waals surface area (Å²) in [6.07, 6.45) is -4.85. The minimum absolute atomic E-state index is 0.130. The van der Waals surface area contributed by atoms with E-state index in [1.807, 2.05) is 0 Å². The molecule has 2 amide bonds. The Balaban J connectivity index is 2.07. The molecule has 3 rings (SSSR count). The van der Waals surface area contributed by atoms with Crippen molar-refractivity contribution >= 4 is 17.5 Å². The number of anilines is 1. The summed E-state index contributed by atoms with van der Waals surface area (Å²) in [7, 11) is 0. The fourth-order valence-corrected chi connectivity index (χ4v) is 3.03. The number of carbonyl (C=O) groups excluding carboxylic acids is 2. The van der Waals surface area contributed by atoms with E-state index in [1.54, 1.807) is 32.9 Å². The van der Waals surface area contributed by atoms with Crippen molar-refractivity contribution in [2.75, 3.05) is 5.32 Å². The van der Waals surface area contributed by atoms with Gasteiger partial charge in [-0.2, -0.15) is 18.3 Å². The molecule has 168 valence electrons. The highest BCUT2D eigenvalue weighted by Crippen LogP contribution is 2.31. The highest BCUT2D eigenvalue weighted by atomic mass is 19.4. The number of hydrogen-bond acceptors (Lipinski definition) is 3. The van der Waals surface area contributed by atoms with Crippen molar-refractivity contribution in [3.05, 3.63) is 76.9 Å². The zero-order chi connectivity index (χ0) is 23.6. The fraction of sp³-hybridized carbons (Fsp3) is 0.227. The van der Waals surface area contributed by atoms with Gasteiger partial charge in [-0.3, -0.25) is 9.59 Å². The predicted octanol–water partition coefficient (Wildman–Crippen LogP) is 4.73. The number of nitrogens with zero attached hydrogens (tertiary/aromatic N) is 2. The maximum Gasteiger partial charge on any atom is 0.435 e. The Hall–Kier alpha value is -3.69. The summed E-state index contributed by atoms with van der Waals surface area (Å²) in [5, 5.41) is 8.60. The molecular weight excluding hydrogens is 428 g/mol. The molecule has 0 aliphatic heterocycles. The van der Waals surface area contributed by atoms with Crippen molar-refractivity contribution in [3.63, 3.8) is 0 Å². The molecule has 0 bridgehead atoms. The molecule has 1 aromatic heterocycles. The first kappa shape index (κ1) is 23.0. The molecule has 6 nitrogen and oxygen atoms in total. The highest BCUT2D eigenvalue weighted by Gasteiger charge is 2.36. The van der Waals surface area contributed by atoms with Crippen LogP contribution < -0.4 is 10.6 Å². The Morgan fingerprint density at radius 3 is 2.34 bits per heavy atom. The summed E-state index contributed by atoms with van der Waals surface area (Å²) in [6.45, 7) is 5.16. The second-order valence-corrected chi connectivity index (χ2v) is 7.36. The fourth-order valence-electron chi connectivity index (χ4n) is 3.03. The molecule has 0 spiro atoms. The quantitative estimate of drug-likeness (QED) is 0.554. The van der Waals surface area contributed by atoms with E-state index in [1.165, 1.54) is 24.3 Å². The molecule has 32 heavy (non-hydrogen) atoms. The molecule has 0 saturated carbocycles. The SMILES string of the molecule is Cc1cccc(C(=O)NC(C)C)c1NC(=O)c1cc(C(F)(F)F)nn1-c1ccccc1F. The van der Waals surface area contributed by atoms with E-state index >= 15 is 0 Å². The van der Waals surface area contributed by atoms with Gasteiger partial charge in [-0.05, 0) is 44.5 Å². The zero-order valence-electron chi connectivity index (χ0n) is 17.4. The number of rotatable bonds is 5. The molecule has 10 heteroatoms. The van der Waals surface area contributed by atoms with Gasteiger partial charge in [0.15, 0.2) is 5.69 Å². The minimum Gasteiger partial charge on any atom is -0.350 e. The number of aryl methyl sites for hydroxylation is 1. The van der Waals surface area contributed by atoms with Crippen LogP contribution in [0.3, 0.4) is 0 Å². The summed E-state index contributed by atoms with van der Waals surface area (Å²) < 4.78 is 54.7. The smallest absolute Gasteiger partial charge is 0.350 e. The Morgan fingerprint density at radius 2 is 1.72 bits per heavy atom. The Labute approximate surface area is 181 Å². The number of hydrogen-bond donors (Lipinski definition) is 2. The van der Waals surface area contributed by atoms with Gasteiger partial charge in [0.2, 0.25) is 0 Å². The van der Waals surface area contributed by atoms with Gasteiger partial charge in [-0.1, -0.05) is 24.3 Å². The van der Waals surface area contributed by atoms with E-state index in [2.05, 4.69) is 15.7 Å². The standard InChI is InChI=1S/C22H20F4N4O2/c1-12(2)27-20(31)14-8-6-7-13(3)19(14)28-21(32)17-11-18(22(24,25)26)29-30(17)16-10-5-4-9-15(16)23/h4-12H,1-3H3,(H,27,31)(H,28,32). The van der Waals surface area contributed by atoms with E-state index in [-0.39, 0.29) is 23.0 Å². The van der Waals surface area contributed by atoms with Gasteiger partial charge in [0, 0.05) is 12.1 Å². The molecule has 0 fully saturated rings. The van der Waals surface area contributed by atoms with Crippen molar-refractivity contribution in [3.8, 4) is 5.69 Å². The van der Waals surface area contributed by atoms with Gasteiger partial charge in [0.05, 0.1) is 11.3 Å². The van der Waals surface area contributed by atoms with E-state index in [0.717, 1.165) is 6.07 Å². The van der Waals surface area contributed by atoms with Crippen LogP contribution in [-0.4, -0.2) is 27.6 Å². The molecule has 0 saturated heterocycles. The average molecular weight is 448 g/mol. The van der Waals surface area contributed by atoms with Crippen molar-refractivity contribution in [2.24, 2.45) is 0 Å². The molecule has 0 atom stereocenters. The van der Waals surface area contributed by atoms with Crippen molar-refractivity contribution in [1.29, 1.82) is 0 Å². The number of alkyl halides is 3. The van der Waals surface area contributed by atoms with Gasteiger partial charge in [-0.15, -0.1) is 0 Å². The molecule has 3 aromatic rings. The largest absolute Gasteiger partial charge is 0.435 e. The minimum atomic E-state index is -4.85. The number of amides is 2. The van der Waals surface area contributed by atoms with Crippen LogP contribution in [0.25, 0.3) is 5.69 Å². The maximum absolute atomic E-state index is 14.3. The van der Waals surface area contributed by atoms with Crippen molar-refractivity contribution in [1.82, 2.24) is 15.1 Å². The summed E-state index contributed by atoms with van der Waals surface area (Å²) >= 11 is 0. The number of aromatic nitrogens is 2. The second kappa shape index (κ2) is 8.81. The first-order valence-electron chi connectivity index (χ1n) is 9.63. The predicted molar refractivity (Wildman–Crippen MR) is 110 cm³/mol. The monoisotopic (exact) mass is 448 g/mol. The number of carbonyl (C=O) groups is 2. The van der Waals surface area contributed by atoms with Crippen LogP contribution in [0, 0.1) is 12.7 Å². The van der Waals surface area contributed by atoms with E-state index in [4.69, 9.17) is 0 Å². The second-order valence-electron chi connectivity index (χ2n) is 7.36. The van der Waals surface area contributed by atoms with Gasteiger partial charge in [0.25, 0.3) is 11.8 Å². The third-order valence-electron chi connectivity index (χ3n) is 4.49. The lowest BCUT2D eigenvalue weighted by Crippen LogP contribution is -2.31. The Morgan fingerprint density at radius 1 is 1.03 bits per heavy atom. The van der Waals surface area contributed by atoms with Crippen LogP contribution in [0.2, 0.25) is 0 Å². The molecule has 0 aliphatic rings. The van der Waals surface area contributed by atoms with E-state index < -0.39 is 35.2 Å². The Kier molecular flexibility index (Phi) is 6.33. The summed E-state index contributed by atoms with van der Waals surface area (Å²) in [4.78, 5) is 25.6. The highest BCUT2D eigenvalue weighted by molar-refractivity contribution is 6.09. The maximum atomic E-state index is 14.3. The van der Waals surface area contributed by atoms with Gasteiger partial charge < -0.3 is 10.6 Å². The van der Waals surface area contributed by atoms with Crippen LogP contribution in [0.15, 0.2) is 48.5 Å². The first-order valence-corrected chi connectivity index (χ1v) is 9.63. The molecule has 0 unspecified atom stereocenters. The van der Waals surface area contributed by atoms with Crippen molar-refractivity contribution in [2.45, 2.75) is 33.0 Å². The summed E-state index contributed by atoms with van der Waals surface area (Å²) in [5.41, 5.74) is -1.43. The molecule has 1 heterocycles. The third kappa shape index (κ3) is 4.79. The summed E-state index contributed by atoms with van der Waals surface area (Å²) in [6, 6.07) is 10.1. The lowest BCUT2D eigenvalue weighted by molar-refractivity contribution is -0.141. The van der Waals surface area contributed by atoms with Crippen molar-refractivity contribution < 1.29 is 27.2 Å². The summed E-state index contributed by atoms with van der Waals surface area (Å²) in [5.74, 6) is -2.30. The lowest BCUT2D eigenvalue weighted by Gasteiger charge is -2.16. The molecule has 2 aromatic carbocycles. The molecule has 2 N–H and O–H groups in total. The first-order chi connectivity index (χ1) is 15.0. The van der Waals surface area contributed by atoms with Crippen LogP contribution >= 0.6 is 0 Å². The number of nitrogens with one attached hydrogen (secondary N) is 2. The van der Waals surface area contributed by atoms with Crippen LogP contribution in [-0.2, 0) is 6.18 Å². The van der Waals surface area contributed by atoms with Crippen LogP contribution in [0.1, 0.15) is 46.0 Å². The molecular formula is C22H20F4N4O2. The lowest BCUT2D eigenvalue weighted by atomic mass is 10.1. The number of halogens is 4. The van der Waals surface area contributed by atoms with Crippen LogP contribution in [0.4, 0.5) is 23.2 Å². The van der Waals surface area contributed by atoms with E-state index in [0.29, 0.717) is 16.3 Å². The van der Waals surface area contributed by atoms with Crippen LogP contribution in [0.5, 0.6) is 0 Å².